The summed E-state index contributed by atoms with van der Waals surface area (Å²) in [5, 5.41) is 1.08. The number of aromatic amines is 1. The van der Waals surface area contributed by atoms with E-state index in [0.717, 1.165) is 16.5 Å². The zero-order valence-corrected chi connectivity index (χ0v) is 6.79. The SMILES string of the molecule is C.Cc1cccc2ccc(=O)[nH]c12. The van der Waals surface area contributed by atoms with Gasteiger partial charge >= 0.3 is 0 Å². The lowest BCUT2D eigenvalue weighted by atomic mass is 10.1. The van der Waals surface area contributed by atoms with Gasteiger partial charge in [0.25, 0.3) is 0 Å². The van der Waals surface area contributed by atoms with Gasteiger partial charge in [0, 0.05) is 6.07 Å². The monoisotopic (exact) mass is 175 g/mol. The summed E-state index contributed by atoms with van der Waals surface area (Å²) < 4.78 is 0. The van der Waals surface area contributed by atoms with Crippen molar-refractivity contribution in [2.75, 3.05) is 0 Å². The normalized spacial score (nSPS) is 9.62. The van der Waals surface area contributed by atoms with E-state index in [9.17, 15) is 4.79 Å². The highest BCUT2D eigenvalue weighted by atomic mass is 16.1. The number of pyridine rings is 1. The van der Waals surface area contributed by atoms with Crippen LogP contribution in [-0.4, -0.2) is 4.98 Å². The van der Waals surface area contributed by atoms with E-state index in [1.54, 1.807) is 6.07 Å². The first-order valence-corrected chi connectivity index (χ1v) is 3.86. The molecule has 0 radical (unpaired) electrons. The van der Waals surface area contributed by atoms with Crippen LogP contribution in [-0.2, 0) is 0 Å². The predicted octanol–water partition coefficient (Wildman–Crippen LogP) is 2.47. The fraction of sp³-hybridized carbons (Fsp3) is 0.182. The second-order valence-corrected chi connectivity index (χ2v) is 2.86. The van der Waals surface area contributed by atoms with Crippen LogP contribution in [0.4, 0.5) is 0 Å². The van der Waals surface area contributed by atoms with Gasteiger partial charge in [-0.1, -0.05) is 25.6 Å². The molecule has 13 heavy (non-hydrogen) atoms. The number of aromatic nitrogens is 1. The van der Waals surface area contributed by atoms with E-state index in [1.807, 2.05) is 31.2 Å². The lowest BCUT2D eigenvalue weighted by molar-refractivity contribution is 1.28. The van der Waals surface area contributed by atoms with Gasteiger partial charge in [-0.25, -0.2) is 0 Å². The summed E-state index contributed by atoms with van der Waals surface area (Å²) in [4.78, 5) is 13.8. The quantitative estimate of drug-likeness (QED) is 0.655. The largest absolute Gasteiger partial charge is 0.322 e. The molecule has 1 N–H and O–H groups in total. The van der Waals surface area contributed by atoms with E-state index < -0.39 is 0 Å². The van der Waals surface area contributed by atoms with Crippen molar-refractivity contribution in [1.82, 2.24) is 4.98 Å². The van der Waals surface area contributed by atoms with Crippen molar-refractivity contribution in [2.45, 2.75) is 14.4 Å². The molecular formula is C11H13NO. The maximum absolute atomic E-state index is 11.0. The number of rotatable bonds is 0. The summed E-state index contributed by atoms with van der Waals surface area (Å²) in [7, 11) is 0. The number of aryl methyl sites for hydroxylation is 1. The predicted molar refractivity (Wildman–Crippen MR) is 56.0 cm³/mol. The molecule has 1 aromatic carbocycles. The molecule has 0 amide bonds. The Kier molecular flexibility index (Phi) is 2.52. The van der Waals surface area contributed by atoms with Crippen molar-refractivity contribution in [1.29, 1.82) is 0 Å². The molecule has 0 atom stereocenters. The molecule has 0 fully saturated rings. The molecule has 0 bridgehead atoms. The van der Waals surface area contributed by atoms with Crippen LogP contribution in [0.1, 0.15) is 13.0 Å². The number of para-hydroxylation sites is 1. The zero-order chi connectivity index (χ0) is 8.55. The lowest BCUT2D eigenvalue weighted by Gasteiger charge is -1.99. The average Bonchev–Trinajstić information content (AvgIpc) is 2.07. The minimum Gasteiger partial charge on any atom is -0.322 e. The van der Waals surface area contributed by atoms with Gasteiger partial charge in [-0.05, 0) is 23.9 Å². The van der Waals surface area contributed by atoms with E-state index in [2.05, 4.69) is 4.98 Å². The number of benzene rings is 1. The Morgan fingerprint density at radius 3 is 2.69 bits per heavy atom. The standard InChI is InChI=1S/C10H9NO.CH4/c1-7-3-2-4-8-5-6-9(12)11-10(7)8;/h2-6H,1H3,(H,11,12);1H4. The summed E-state index contributed by atoms with van der Waals surface area (Å²) >= 11 is 0. The van der Waals surface area contributed by atoms with E-state index in [1.165, 1.54) is 0 Å². The Hall–Kier alpha value is -1.57. The summed E-state index contributed by atoms with van der Waals surface area (Å²) in [6, 6.07) is 9.33. The van der Waals surface area contributed by atoms with Gasteiger partial charge < -0.3 is 4.98 Å². The molecule has 0 aliphatic heterocycles. The fourth-order valence-electron chi connectivity index (χ4n) is 1.33. The van der Waals surface area contributed by atoms with Gasteiger partial charge in [0.2, 0.25) is 5.56 Å². The van der Waals surface area contributed by atoms with Gasteiger partial charge in [0.15, 0.2) is 0 Å². The Balaban J connectivity index is 0.000000845. The number of H-pyrrole nitrogens is 1. The molecule has 0 saturated carbocycles. The molecule has 2 heteroatoms. The first kappa shape index (κ1) is 9.52. The summed E-state index contributed by atoms with van der Waals surface area (Å²) in [6.07, 6.45) is 0. The highest BCUT2D eigenvalue weighted by Gasteiger charge is 1.95. The van der Waals surface area contributed by atoms with Gasteiger partial charge in [0.1, 0.15) is 0 Å². The molecule has 0 spiro atoms. The minimum atomic E-state index is -0.0446. The Morgan fingerprint density at radius 2 is 1.92 bits per heavy atom. The molecule has 0 aliphatic carbocycles. The molecule has 1 aromatic heterocycles. The molecule has 1 heterocycles. The molecular weight excluding hydrogens is 162 g/mol. The smallest absolute Gasteiger partial charge is 0.248 e. The van der Waals surface area contributed by atoms with Gasteiger partial charge in [-0.3, -0.25) is 4.79 Å². The van der Waals surface area contributed by atoms with Crippen LogP contribution >= 0.6 is 0 Å². The Bertz CT molecular complexity index is 471. The highest BCUT2D eigenvalue weighted by Crippen LogP contribution is 2.12. The van der Waals surface area contributed by atoms with Crippen LogP contribution in [0.2, 0.25) is 0 Å². The van der Waals surface area contributed by atoms with Crippen LogP contribution in [0.5, 0.6) is 0 Å². The van der Waals surface area contributed by atoms with E-state index in [0.29, 0.717) is 0 Å². The topological polar surface area (TPSA) is 32.9 Å². The van der Waals surface area contributed by atoms with Gasteiger partial charge in [0.05, 0.1) is 5.52 Å². The molecule has 68 valence electrons. The maximum Gasteiger partial charge on any atom is 0.248 e. The number of hydrogen-bond acceptors (Lipinski definition) is 1. The average molecular weight is 175 g/mol. The first-order valence-electron chi connectivity index (χ1n) is 3.86. The van der Waals surface area contributed by atoms with Gasteiger partial charge in [-0.15, -0.1) is 0 Å². The van der Waals surface area contributed by atoms with Gasteiger partial charge in [-0.2, -0.15) is 0 Å². The fourth-order valence-corrected chi connectivity index (χ4v) is 1.33. The van der Waals surface area contributed by atoms with E-state index in [-0.39, 0.29) is 13.0 Å². The minimum absolute atomic E-state index is 0. The number of hydrogen-bond donors (Lipinski definition) is 1. The number of fused-ring (bicyclic) bond motifs is 1. The first-order chi connectivity index (χ1) is 5.77. The summed E-state index contributed by atoms with van der Waals surface area (Å²) in [5.74, 6) is 0. The molecule has 2 nitrogen and oxygen atoms in total. The maximum atomic E-state index is 11.0. The second kappa shape index (κ2) is 3.44. The van der Waals surface area contributed by atoms with Crippen molar-refractivity contribution in [2.24, 2.45) is 0 Å². The van der Waals surface area contributed by atoms with Crippen LogP contribution in [0, 0.1) is 6.92 Å². The summed E-state index contributed by atoms with van der Waals surface area (Å²) in [5.41, 5.74) is 1.99. The molecule has 2 aromatic rings. The molecule has 0 saturated heterocycles. The summed E-state index contributed by atoms with van der Waals surface area (Å²) in [6.45, 7) is 1.98. The van der Waals surface area contributed by atoms with E-state index in [4.69, 9.17) is 0 Å². The van der Waals surface area contributed by atoms with Crippen LogP contribution < -0.4 is 5.56 Å². The van der Waals surface area contributed by atoms with Crippen molar-refractivity contribution < 1.29 is 0 Å². The van der Waals surface area contributed by atoms with Crippen molar-refractivity contribution in [3.05, 3.63) is 46.2 Å². The zero-order valence-electron chi connectivity index (χ0n) is 6.79. The third-order valence-electron chi connectivity index (χ3n) is 1.97. The highest BCUT2D eigenvalue weighted by molar-refractivity contribution is 5.81. The van der Waals surface area contributed by atoms with E-state index >= 15 is 0 Å². The van der Waals surface area contributed by atoms with Crippen molar-refractivity contribution in [3.8, 4) is 0 Å². The Labute approximate surface area is 77.2 Å². The van der Waals surface area contributed by atoms with Crippen molar-refractivity contribution >= 4 is 10.9 Å². The number of nitrogens with one attached hydrogen (secondary N) is 1. The third kappa shape index (κ3) is 1.61. The molecule has 0 unspecified atom stereocenters. The lowest BCUT2D eigenvalue weighted by Crippen LogP contribution is -2.02. The third-order valence-corrected chi connectivity index (χ3v) is 1.97. The molecule has 0 aliphatic rings. The van der Waals surface area contributed by atoms with Crippen LogP contribution in [0.3, 0.4) is 0 Å². The molecule has 2 rings (SSSR count). The van der Waals surface area contributed by atoms with Crippen LogP contribution in [0.25, 0.3) is 10.9 Å². The van der Waals surface area contributed by atoms with Crippen LogP contribution in [0.15, 0.2) is 35.1 Å². The second-order valence-electron chi connectivity index (χ2n) is 2.86. The Morgan fingerprint density at radius 1 is 1.15 bits per heavy atom. The van der Waals surface area contributed by atoms with Crippen molar-refractivity contribution in [3.63, 3.8) is 0 Å².